The van der Waals surface area contributed by atoms with Crippen molar-refractivity contribution in [1.82, 2.24) is 10.2 Å². The number of aromatic amines is 1. The molecule has 0 bridgehead atoms. The molecule has 5 heteroatoms. The van der Waals surface area contributed by atoms with Crippen molar-refractivity contribution in [3.8, 4) is 11.5 Å². The van der Waals surface area contributed by atoms with Crippen LogP contribution in [0, 0.1) is 13.8 Å². The second-order valence-electron chi connectivity index (χ2n) is 4.84. The summed E-state index contributed by atoms with van der Waals surface area (Å²) >= 11 is 0. The van der Waals surface area contributed by atoms with Gasteiger partial charge in [-0.3, -0.25) is 0 Å². The van der Waals surface area contributed by atoms with Gasteiger partial charge in [-0.1, -0.05) is 24.3 Å². The molecule has 0 aliphatic carbocycles. The number of nitrogens with one attached hydrogen (secondary N) is 2. The Hall–Kier alpha value is -2.82. The highest BCUT2D eigenvalue weighted by atomic mass is 16.4. The van der Waals surface area contributed by atoms with E-state index in [-0.39, 0.29) is 5.89 Å². The number of para-hydroxylation sites is 1. The van der Waals surface area contributed by atoms with Crippen LogP contribution in [0.15, 0.2) is 51.7 Å². The summed E-state index contributed by atoms with van der Waals surface area (Å²) in [6, 6.07) is 13.7. The van der Waals surface area contributed by atoms with Crippen LogP contribution in [-0.2, 0) is 0 Å². The Kier molecular flexibility index (Phi) is 3.31. The molecular weight excluding hydrogens is 266 g/mol. The van der Waals surface area contributed by atoms with Gasteiger partial charge >= 0.3 is 5.76 Å². The van der Waals surface area contributed by atoms with Crippen LogP contribution in [0.4, 0.5) is 11.4 Å². The Morgan fingerprint density at radius 3 is 2.57 bits per heavy atom. The monoisotopic (exact) mass is 281 g/mol. The minimum Gasteiger partial charge on any atom is -0.388 e. The lowest BCUT2D eigenvalue weighted by Crippen LogP contribution is -1.97. The number of rotatable bonds is 3. The molecule has 0 atom stereocenters. The van der Waals surface area contributed by atoms with Crippen LogP contribution < -0.4 is 11.1 Å². The van der Waals surface area contributed by atoms with E-state index in [1.165, 1.54) is 11.1 Å². The number of aromatic nitrogens is 2. The van der Waals surface area contributed by atoms with E-state index in [2.05, 4.69) is 35.4 Å². The van der Waals surface area contributed by atoms with Crippen LogP contribution >= 0.6 is 0 Å². The molecule has 3 rings (SSSR count). The molecule has 0 radical (unpaired) electrons. The zero-order valence-corrected chi connectivity index (χ0v) is 11.8. The first kappa shape index (κ1) is 13.2. The number of aryl methyl sites for hydroxylation is 1. The normalized spacial score (nSPS) is 10.6. The molecule has 3 aromatic rings. The molecule has 1 aromatic heterocycles. The largest absolute Gasteiger partial charge is 0.434 e. The third kappa shape index (κ3) is 2.58. The SMILES string of the molecule is Cc1cccc(Nc2ccccc2-c2n[nH]c(=O)o2)c1C. The molecule has 0 unspecified atom stereocenters. The van der Waals surface area contributed by atoms with Gasteiger partial charge in [0, 0.05) is 5.69 Å². The highest BCUT2D eigenvalue weighted by molar-refractivity contribution is 5.77. The molecule has 5 nitrogen and oxygen atoms in total. The number of nitrogens with zero attached hydrogens (tertiary/aromatic N) is 1. The van der Waals surface area contributed by atoms with Gasteiger partial charge in [-0.15, -0.1) is 5.10 Å². The van der Waals surface area contributed by atoms with Gasteiger partial charge in [0.2, 0.25) is 0 Å². The Balaban J connectivity index is 2.04. The number of hydrogen-bond acceptors (Lipinski definition) is 4. The van der Waals surface area contributed by atoms with Crippen molar-refractivity contribution in [2.75, 3.05) is 5.32 Å². The molecule has 2 N–H and O–H groups in total. The van der Waals surface area contributed by atoms with Gasteiger partial charge < -0.3 is 9.73 Å². The third-order valence-electron chi connectivity index (χ3n) is 3.47. The van der Waals surface area contributed by atoms with Crippen LogP contribution in [0.25, 0.3) is 11.5 Å². The van der Waals surface area contributed by atoms with Crippen molar-refractivity contribution in [1.29, 1.82) is 0 Å². The lowest BCUT2D eigenvalue weighted by Gasteiger charge is -2.13. The van der Waals surface area contributed by atoms with Gasteiger partial charge in [-0.25, -0.2) is 9.89 Å². The van der Waals surface area contributed by atoms with Crippen molar-refractivity contribution in [3.63, 3.8) is 0 Å². The maximum Gasteiger partial charge on any atom is 0.434 e. The number of benzene rings is 2. The van der Waals surface area contributed by atoms with Gasteiger partial charge in [-0.2, -0.15) is 0 Å². The first-order chi connectivity index (χ1) is 10.1. The minimum atomic E-state index is -0.563. The molecule has 2 aromatic carbocycles. The van der Waals surface area contributed by atoms with E-state index in [1.54, 1.807) is 0 Å². The molecule has 0 fully saturated rings. The quantitative estimate of drug-likeness (QED) is 0.772. The maximum atomic E-state index is 11.1. The van der Waals surface area contributed by atoms with E-state index in [4.69, 9.17) is 4.42 Å². The van der Waals surface area contributed by atoms with Crippen molar-refractivity contribution in [2.24, 2.45) is 0 Å². The molecule has 0 spiro atoms. The summed E-state index contributed by atoms with van der Waals surface area (Å²) in [7, 11) is 0. The molecule has 0 aliphatic rings. The standard InChI is InChI=1S/C16H15N3O2/c1-10-6-5-9-13(11(10)2)17-14-8-4-3-7-12(14)15-18-19-16(20)21-15/h3-9,17H,1-2H3,(H,19,20). The van der Waals surface area contributed by atoms with Crippen LogP contribution in [0.5, 0.6) is 0 Å². The number of anilines is 2. The maximum absolute atomic E-state index is 11.1. The third-order valence-corrected chi connectivity index (χ3v) is 3.47. The molecule has 0 saturated carbocycles. The van der Waals surface area contributed by atoms with Crippen molar-refractivity contribution in [2.45, 2.75) is 13.8 Å². The fourth-order valence-electron chi connectivity index (χ4n) is 2.16. The fraction of sp³-hybridized carbons (Fsp3) is 0.125. The van der Waals surface area contributed by atoms with Crippen LogP contribution in [0.2, 0.25) is 0 Å². The summed E-state index contributed by atoms with van der Waals surface area (Å²) in [5, 5.41) is 9.54. The van der Waals surface area contributed by atoms with Crippen LogP contribution in [0.3, 0.4) is 0 Å². The summed E-state index contributed by atoms with van der Waals surface area (Å²) in [4.78, 5) is 11.1. The summed E-state index contributed by atoms with van der Waals surface area (Å²) < 4.78 is 5.04. The smallest absolute Gasteiger partial charge is 0.388 e. The highest BCUT2D eigenvalue weighted by Crippen LogP contribution is 2.30. The number of hydrogen-bond donors (Lipinski definition) is 2. The van der Waals surface area contributed by atoms with E-state index >= 15 is 0 Å². The predicted molar refractivity (Wildman–Crippen MR) is 81.8 cm³/mol. The van der Waals surface area contributed by atoms with E-state index in [0.29, 0.717) is 0 Å². The van der Waals surface area contributed by atoms with E-state index in [1.807, 2.05) is 36.4 Å². The first-order valence-corrected chi connectivity index (χ1v) is 6.63. The topological polar surface area (TPSA) is 70.9 Å². The molecule has 21 heavy (non-hydrogen) atoms. The van der Waals surface area contributed by atoms with Gasteiger partial charge in [-0.05, 0) is 43.2 Å². The van der Waals surface area contributed by atoms with E-state index < -0.39 is 5.76 Å². The van der Waals surface area contributed by atoms with Gasteiger partial charge in [0.25, 0.3) is 5.89 Å². The zero-order chi connectivity index (χ0) is 14.8. The minimum absolute atomic E-state index is 0.272. The van der Waals surface area contributed by atoms with Crippen molar-refractivity contribution in [3.05, 3.63) is 64.1 Å². The van der Waals surface area contributed by atoms with Crippen molar-refractivity contribution < 1.29 is 4.42 Å². The zero-order valence-electron chi connectivity index (χ0n) is 11.8. The Morgan fingerprint density at radius 1 is 1.05 bits per heavy atom. The molecule has 0 saturated heterocycles. The average Bonchev–Trinajstić information content (AvgIpc) is 2.91. The molecule has 106 valence electrons. The summed E-state index contributed by atoms with van der Waals surface area (Å²) in [6.07, 6.45) is 0. The fourth-order valence-corrected chi connectivity index (χ4v) is 2.16. The van der Waals surface area contributed by atoms with E-state index in [9.17, 15) is 4.79 Å². The van der Waals surface area contributed by atoms with Gasteiger partial charge in [0.1, 0.15) is 0 Å². The molecule has 0 amide bonds. The lowest BCUT2D eigenvalue weighted by atomic mass is 10.1. The molecule has 0 aliphatic heterocycles. The predicted octanol–water partition coefficient (Wildman–Crippen LogP) is 3.39. The van der Waals surface area contributed by atoms with E-state index in [0.717, 1.165) is 16.9 Å². The average molecular weight is 281 g/mol. The Labute approximate surface area is 121 Å². The first-order valence-electron chi connectivity index (χ1n) is 6.63. The Bertz CT molecular complexity index is 833. The highest BCUT2D eigenvalue weighted by Gasteiger charge is 2.11. The van der Waals surface area contributed by atoms with Crippen LogP contribution in [0.1, 0.15) is 11.1 Å². The second-order valence-corrected chi connectivity index (χ2v) is 4.84. The van der Waals surface area contributed by atoms with Gasteiger partial charge in [0.05, 0.1) is 11.3 Å². The summed E-state index contributed by atoms with van der Waals surface area (Å²) in [5.41, 5.74) is 4.97. The number of H-pyrrole nitrogens is 1. The summed E-state index contributed by atoms with van der Waals surface area (Å²) in [5.74, 6) is -0.292. The second kappa shape index (κ2) is 5.28. The van der Waals surface area contributed by atoms with Gasteiger partial charge in [0.15, 0.2) is 0 Å². The molecular formula is C16H15N3O2. The Morgan fingerprint density at radius 2 is 1.81 bits per heavy atom. The van der Waals surface area contributed by atoms with Crippen LogP contribution in [-0.4, -0.2) is 10.2 Å². The van der Waals surface area contributed by atoms with Crippen molar-refractivity contribution >= 4 is 11.4 Å². The lowest BCUT2D eigenvalue weighted by molar-refractivity contribution is 0.527. The molecule has 1 heterocycles. The summed E-state index contributed by atoms with van der Waals surface area (Å²) in [6.45, 7) is 4.13.